The molecule has 0 amide bonds. The summed E-state index contributed by atoms with van der Waals surface area (Å²) in [4.78, 5) is 26.7. The molecule has 1 aliphatic rings. The average molecular weight is 485 g/mol. The zero-order chi connectivity index (χ0) is 25.3. The fraction of sp³-hybridized carbons (Fsp3) is 0.143. The van der Waals surface area contributed by atoms with Gasteiger partial charge in [-0.1, -0.05) is 42.0 Å². The SMILES string of the molecule is Cc1ccc(-c2c3c(=O)n(C)c(=O)n(C)c3c3n2-c2ccccc2O[C@@H]3c2ccc(F)cc2F)cc1. The standard InChI is InChI=1S/C28H21F2N3O3/c1-15-8-10-16(11-9-15)23-22-24(31(2)28(35)32(3)27(22)34)25-26(18-13-12-17(29)14-19(18)30)36-21-7-5-4-6-20(21)33(23)25/h4-14,26H,1-3H3/t26-/m1/s1. The van der Waals surface area contributed by atoms with E-state index >= 15 is 4.39 Å². The van der Waals surface area contributed by atoms with Gasteiger partial charge in [-0.3, -0.25) is 13.9 Å². The Morgan fingerprint density at radius 3 is 2.33 bits per heavy atom. The Morgan fingerprint density at radius 1 is 0.889 bits per heavy atom. The summed E-state index contributed by atoms with van der Waals surface area (Å²) in [5.74, 6) is -1.03. The second-order valence-electron chi connectivity index (χ2n) is 9.00. The van der Waals surface area contributed by atoms with Crippen LogP contribution in [0.2, 0.25) is 0 Å². The molecule has 8 heteroatoms. The lowest BCUT2D eigenvalue weighted by Crippen LogP contribution is -2.37. The van der Waals surface area contributed by atoms with Gasteiger partial charge in [0.2, 0.25) is 0 Å². The molecule has 0 bridgehead atoms. The van der Waals surface area contributed by atoms with E-state index in [1.165, 1.54) is 17.7 Å². The zero-order valence-electron chi connectivity index (χ0n) is 19.8. The largest absolute Gasteiger partial charge is 0.477 e. The monoisotopic (exact) mass is 485 g/mol. The minimum Gasteiger partial charge on any atom is -0.477 e. The molecule has 0 unspecified atom stereocenters. The van der Waals surface area contributed by atoms with Gasteiger partial charge in [-0.15, -0.1) is 0 Å². The number of para-hydroxylation sites is 2. The summed E-state index contributed by atoms with van der Waals surface area (Å²) in [6.45, 7) is 1.97. The van der Waals surface area contributed by atoms with Crippen molar-refractivity contribution in [3.8, 4) is 22.7 Å². The van der Waals surface area contributed by atoms with Crippen molar-refractivity contribution in [1.29, 1.82) is 0 Å². The highest BCUT2D eigenvalue weighted by atomic mass is 19.1. The predicted molar refractivity (Wildman–Crippen MR) is 133 cm³/mol. The van der Waals surface area contributed by atoms with Crippen molar-refractivity contribution >= 4 is 10.9 Å². The fourth-order valence-electron chi connectivity index (χ4n) is 5.02. The maximum Gasteiger partial charge on any atom is 0.331 e. The molecule has 2 aromatic heterocycles. The number of aromatic nitrogens is 3. The molecule has 0 fully saturated rings. The topological polar surface area (TPSA) is 58.2 Å². The van der Waals surface area contributed by atoms with Crippen molar-refractivity contribution in [3.05, 3.63) is 116 Å². The lowest BCUT2D eigenvalue weighted by atomic mass is 10.0. The van der Waals surface area contributed by atoms with Gasteiger partial charge in [0.25, 0.3) is 5.56 Å². The summed E-state index contributed by atoms with van der Waals surface area (Å²) in [6, 6.07) is 18.2. The summed E-state index contributed by atoms with van der Waals surface area (Å²) in [6.07, 6.45) is -1.04. The Morgan fingerprint density at radius 2 is 1.61 bits per heavy atom. The van der Waals surface area contributed by atoms with Crippen LogP contribution in [0.15, 0.2) is 76.3 Å². The number of hydrogen-bond acceptors (Lipinski definition) is 3. The number of benzene rings is 3. The molecule has 3 heterocycles. The lowest BCUT2D eigenvalue weighted by molar-refractivity contribution is 0.223. The van der Waals surface area contributed by atoms with Crippen molar-refractivity contribution < 1.29 is 13.5 Å². The van der Waals surface area contributed by atoms with Gasteiger partial charge in [-0.2, -0.15) is 0 Å². The first kappa shape index (κ1) is 22.0. The third-order valence-electron chi connectivity index (χ3n) is 6.78. The molecule has 1 atom stereocenters. The third-order valence-corrected chi connectivity index (χ3v) is 6.78. The van der Waals surface area contributed by atoms with Crippen LogP contribution in [0.4, 0.5) is 8.78 Å². The second kappa shape index (κ2) is 7.78. The molecular weight excluding hydrogens is 464 g/mol. The Labute approximate surface area is 204 Å². The molecule has 3 aromatic carbocycles. The number of hydrogen-bond donors (Lipinski definition) is 0. The molecule has 6 nitrogen and oxygen atoms in total. The Kier molecular flexibility index (Phi) is 4.76. The minimum atomic E-state index is -1.04. The van der Waals surface area contributed by atoms with Crippen molar-refractivity contribution in [1.82, 2.24) is 13.7 Å². The van der Waals surface area contributed by atoms with Gasteiger partial charge < -0.3 is 9.30 Å². The van der Waals surface area contributed by atoms with Crippen LogP contribution in [0.3, 0.4) is 0 Å². The summed E-state index contributed by atoms with van der Waals surface area (Å²) < 4.78 is 39.5. The quantitative estimate of drug-likeness (QED) is 0.362. The van der Waals surface area contributed by atoms with Crippen LogP contribution in [-0.2, 0) is 14.1 Å². The Balaban J connectivity index is 1.86. The number of ether oxygens (including phenoxy) is 1. The van der Waals surface area contributed by atoms with Crippen LogP contribution in [-0.4, -0.2) is 13.7 Å². The molecule has 6 rings (SSSR count). The number of nitrogens with zero attached hydrogens (tertiary/aromatic N) is 3. The molecule has 0 radical (unpaired) electrons. The van der Waals surface area contributed by atoms with E-state index in [-0.39, 0.29) is 5.56 Å². The highest BCUT2D eigenvalue weighted by Crippen LogP contribution is 2.46. The minimum absolute atomic E-state index is 0.0927. The van der Waals surface area contributed by atoms with E-state index in [9.17, 15) is 14.0 Å². The van der Waals surface area contributed by atoms with Crippen LogP contribution in [0, 0.1) is 18.6 Å². The van der Waals surface area contributed by atoms with Crippen molar-refractivity contribution in [2.24, 2.45) is 14.1 Å². The number of halogens is 2. The first-order valence-electron chi connectivity index (χ1n) is 11.4. The average Bonchev–Trinajstić information content (AvgIpc) is 3.23. The molecule has 180 valence electrons. The van der Waals surface area contributed by atoms with Gasteiger partial charge in [0.15, 0.2) is 6.10 Å². The number of fused-ring (bicyclic) bond motifs is 5. The van der Waals surface area contributed by atoms with E-state index in [0.717, 1.165) is 27.8 Å². The molecule has 1 aliphatic heterocycles. The van der Waals surface area contributed by atoms with Gasteiger partial charge in [-0.25, -0.2) is 13.6 Å². The normalized spacial score (nSPS) is 14.4. The van der Waals surface area contributed by atoms with Crippen LogP contribution < -0.4 is 16.0 Å². The molecule has 0 spiro atoms. The fourth-order valence-corrected chi connectivity index (χ4v) is 5.02. The predicted octanol–water partition coefficient (Wildman–Crippen LogP) is 4.76. The van der Waals surface area contributed by atoms with Crippen molar-refractivity contribution in [2.75, 3.05) is 0 Å². The Hall–Kier alpha value is -4.46. The van der Waals surface area contributed by atoms with E-state index in [0.29, 0.717) is 33.7 Å². The maximum absolute atomic E-state index is 15.1. The first-order chi connectivity index (χ1) is 17.3. The Bertz CT molecular complexity index is 1810. The van der Waals surface area contributed by atoms with Crippen LogP contribution in [0.5, 0.6) is 5.75 Å². The molecule has 5 aromatic rings. The van der Waals surface area contributed by atoms with Crippen molar-refractivity contribution in [2.45, 2.75) is 13.0 Å². The molecule has 0 saturated heterocycles. The van der Waals surface area contributed by atoms with E-state index in [1.807, 2.05) is 47.9 Å². The molecule has 0 saturated carbocycles. The van der Waals surface area contributed by atoms with Gasteiger partial charge in [-0.05, 0) is 36.8 Å². The van der Waals surface area contributed by atoms with E-state index in [1.54, 1.807) is 19.2 Å². The van der Waals surface area contributed by atoms with Gasteiger partial charge in [0.05, 0.1) is 28.0 Å². The van der Waals surface area contributed by atoms with Gasteiger partial charge in [0, 0.05) is 25.7 Å². The molecule has 36 heavy (non-hydrogen) atoms. The highest BCUT2D eigenvalue weighted by Gasteiger charge is 2.37. The molecule has 0 aliphatic carbocycles. The number of aryl methyl sites for hydroxylation is 2. The number of rotatable bonds is 2. The second-order valence-corrected chi connectivity index (χ2v) is 9.00. The third kappa shape index (κ3) is 3.00. The highest BCUT2D eigenvalue weighted by molar-refractivity contribution is 5.98. The van der Waals surface area contributed by atoms with E-state index in [2.05, 4.69) is 0 Å². The zero-order valence-corrected chi connectivity index (χ0v) is 19.8. The smallest absolute Gasteiger partial charge is 0.331 e. The van der Waals surface area contributed by atoms with E-state index in [4.69, 9.17) is 4.74 Å². The summed E-state index contributed by atoms with van der Waals surface area (Å²) in [5.41, 5.74) is 2.87. The maximum atomic E-state index is 15.1. The summed E-state index contributed by atoms with van der Waals surface area (Å²) in [5, 5.41) is 0.311. The van der Waals surface area contributed by atoms with Crippen LogP contribution in [0.25, 0.3) is 27.8 Å². The summed E-state index contributed by atoms with van der Waals surface area (Å²) >= 11 is 0. The van der Waals surface area contributed by atoms with Gasteiger partial charge >= 0.3 is 5.69 Å². The molecular formula is C28H21F2N3O3. The lowest BCUT2D eigenvalue weighted by Gasteiger charge is -2.30. The van der Waals surface area contributed by atoms with Crippen LogP contribution >= 0.6 is 0 Å². The first-order valence-corrected chi connectivity index (χ1v) is 11.4. The van der Waals surface area contributed by atoms with Crippen molar-refractivity contribution in [3.63, 3.8) is 0 Å². The van der Waals surface area contributed by atoms with E-state index < -0.39 is 29.0 Å². The van der Waals surface area contributed by atoms with Crippen LogP contribution in [0.1, 0.15) is 22.9 Å². The summed E-state index contributed by atoms with van der Waals surface area (Å²) in [7, 11) is 3.00. The van der Waals surface area contributed by atoms with Gasteiger partial charge in [0.1, 0.15) is 17.4 Å². The molecule has 0 N–H and O–H groups in total.